The topological polar surface area (TPSA) is 89.5 Å². The van der Waals surface area contributed by atoms with Gasteiger partial charge in [0.2, 0.25) is 0 Å². The SMILES string of the molecule is CCC[C@H](NC(=O)COC(=O)c1ccccc1S(=O)(=O)CC)c1ccccc1. The maximum absolute atomic E-state index is 12.3. The summed E-state index contributed by atoms with van der Waals surface area (Å²) in [5, 5.41) is 2.86. The van der Waals surface area contributed by atoms with Gasteiger partial charge in [-0.05, 0) is 24.1 Å². The van der Waals surface area contributed by atoms with Gasteiger partial charge < -0.3 is 10.1 Å². The monoisotopic (exact) mass is 403 g/mol. The normalized spacial score (nSPS) is 12.2. The average Bonchev–Trinajstić information content (AvgIpc) is 2.72. The summed E-state index contributed by atoms with van der Waals surface area (Å²) in [5.41, 5.74) is 0.911. The summed E-state index contributed by atoms with van der Waals surface area (Å²) in [6.07, 6.45) is 1.63. The minimum atomic E-state index is -3.58. The van der Waals surface area contributed by atoms with Crippen molar-refractivity contribution in [2.24, 2.45) is 0 Å². The molecule has 2 rings (SSSR count). The highest BCUT2D eigenvalue weighted by molar-refractivity contribution is 7.91. The molecule has 0 aliphatic heterocycles. The Morgan fingerprint density at radius 3 is 2.29 bits per heavy atom. The molecule has 0 aliphatic carbocycles. The van der Waals surface area contributed by atoms with Crippen molar-refractivity contribution in [1.82, 2.24) is 5.32 Å². The summed E-state index contributed by atoms with van der Waals surface area (Å²) >= 11 is 0. The van der Waals surface area contributed by atoms with Crippen LogP contribution in [0.3, 0.4) is 0 Å². The highest BCUT2D eigenvalue weighted by Crippen LogP contribution is 2.19. The van der Waals surface area contributed by atoms with Crippen molar-refractivity contribution in [3.63, 3.8) is 0 Å². The molecule has 2 aromatic carbocycles. The third-order valence-electron chi connectivity index (χ3n) is 4.27. The first-order valence-corrected chi connectivity index (χ1v) is 10.9. The molecule has 0 bridgehead atoms. The van der Waals surface area contributed by atoms with Crippen molar-refractivity contribution in [3.8, 4) is 0 Å². The second-order valence-corrected chi connectivity index (χ2v) is 8.54. The molecular weight excluding hydrogens is 378 g/mol. The van der Waals surface area contributed by atoms with Gasteiger partial charge in [-0.2, -0.15) is 0 Å². The Labute approximate surface area is 165 Å². The van der Waals surface area contributed by atoms with Crippen LogP contribution in [0.4, 0.5) is 0 Å². The second kappa shape index (κ2) is 10.0. The molecule has 1 N–H and O–H groups in total. The van der Waals surface area contributed by atoms with Crippen LogP contribution in [-0.2, 0) is 19.4 Å². The Hall–Kier alpha value is -2.67. The van der Waals surface area contributed by atoms with Crippen molar-refractivity contribution in [2.45, 2.75) is 37.6 Å². The van der Waals surface area contributed by atoms with E-state index in [9.17, 15) is 18.0 Å². The van der Waals surface area contributed by atoms with Gasteiger partial charge in [-0.1, -0.05) is 62.7 Å². The van der Waals surface area contributed by atoms with Crippen LogP contribution in [0, 0.1) is 0 Å². The van der Waals surface area contributed by atoms with Gasteiger partial charge in [0.15, 0.2) is 16.4 Å². The lowest BCUT2D eigenvalue weighted by Gasteiger charge is -2.18. The molecule has 0 aromatic heterocycles. The zero-order chi connectivity index (χ0) is 20.6. The molecule has 0 heterocycles. The maximum atomic E-state index is 12.3. The van der Waals surface area contributed by atoms with Crippen LogP contribution in [0.1, 0.15) is 48.7 Å². The number of amides is 1. The van der Waals surface area contributed by atoms with Crippen LogP contribution in [-0.4, -0.2) is 32.7 Å². The second-order valence-electron chi connectivity index (χ2n) is 6.30. The van der Waals surface area contributed by atoms with Crippen LogP contribution in [0.5, 0.6) is 0 Å². The summed E-state index contributed by atoms with van der Waals surface area (Å²) in [7, 11) is -3.58. The fourth-order valence-corrected chi connectivity index (χ4v) is 3.89. The molecule has 0 saturated carbocycles. The van der Waals surface area contributed by atoms with E-state index in [-0.39, 0.29) is 22.3 Å². The lowest BCUT2D eigenvalue weighted by Crippen LogP contribution is -2.32. The van der Waals surface area contributed by atoms with E-state index >= 15 is 0 Å². The molecular formula is C21H25NO5S. The van der Waals surface area contributed by atoms with Crippen LogP contribution < -0.4 is 5.32 Å². The highest BCUT2D eigenvalue weighted by Gasteiger charge is 2.22. The Bertz CT molecular complexity index is 909. The van der Waals surface area contributed by atoms with Crippen molar-refractivity contribution < 1.29 is 22.7 Å². The molecule has 0 unspecified atom stereocenters. The number of nitrogens with one attached hydrogen (secondary N) is 1. The first kappa shape index (κ1) is 21.6. The molecule has 6 nitrogen and oxygen atoms in total. The first-order valence-electron chi connectivity index (χ1n) is 9.22. The van der Waals surface area contributed by atoms with E-state index in [1.54, 1.807) is 12.1 Å². The molecule has 0 spiro atoms. The number of hydrogen-bond donors (Lipinski definition) is 1. The molecule has 7 heteroatoms. The predicted molar refractivity (Wildman–Crippen MR) is 107 cm³/mol. The van der Waals surface area contributed by atoms with Gasteiger partial charge in [-0.3, -0.25) is 4.79 Å². The molecule has 0 fully saturated rings. The van der Waals surface area contributed by atoms with Crippen LogP contribution in [0.25, 0.3) is 0 Å². The smallest absolute Gasteiger partial charge is 0.339 e. The summed E-state index contributed by atoms with van der Waals surface area (Å²) in [5.74, 6) is -1.41. The van der Waals surface area contributed by atoms with Gasteiger partial charge in [0.1, 0.15) is 0 Å². The van der Waals surface area contributed by atoms with E-state index in [0.717, 1.165) is 18.4 Å². The van der Waals surface area contributed by atoms with Crippen molar-refractivity contribution in [1.29, 1.82) is 0 Å². The molecule has 150 valence electrons. The summed E-state index contributed by atoms with van der Waals surface area (Å²) in [4.78, 5) is 24.5. The number of rotatable bonds is 9. The number of carbonyl (C=O) groups is 2. The largest absolute Gasteiger partial charge is 0.452 e. The zero-order valence-electron chi connectivity index (χ0n) is 16.1. The summed E-state index contributed by atoms with van der Waals surface area (Å²) in [6, 6.07) is 15.2. The number of ether oxygens (including phenoxy) is 1. The third-order valence-corrected chi connectivity index (χ3v) is 6.06. The maximum Gasteiger partial charge on any atom is 0.339 e. The molecule has 0 radical (unpaired) electrons. The fourth-order valence-electron chi connectivity index (χ4n) is 2.80. The van der Waals surface area contributed by atoms with Crippen molar-refractivity contribution in [3.05, 3.63) is 65.7 Å². The van der Waals surface area contributed by atoms with Gasteiger partial charge in [0.25, 0.3) is 5.91 Å². The Balaban J connectivity index is 2.04. The molecule has 1 atom stereocenters. The lowest BCUT2D eigenvalue weighted by molar-refractivity contribution is -0.125. The predicted octanol–water partition coefficient (Wildman–Crippen LogP) is 3.29. The minimum absolute atomic E-state index is 0.0645. The van der Waals surface area contributed by atoms with Gasteiger partial charge >= 0.3 is 5.97 Å². The molecule has 28 heavy (non-hydrogen) atoms. The van der Waals surface area contributed by atoms with Gasteiger partial charge in [-0.25, -0.2) is 13.2 Å². The van der Waals surface area contributed by atoms with Gasteiger partial charge in [-0.15, -0.1) is 0 Å². The third kappa shape index (κ3) is 5.66. The highest BCUT2D eigenvalue weighted by atomic mass is 32.2. The first-order chi connectivity index (χ1) is 13.4. The number of benzene rings is 2. The lowest BCUT2D eigenvalue weighted by atomic mass is 10.0. The Kier molecular flexibility index (Phi) is 7.75. The van der Waals surface area contributed by atoms with E-state index in [2.05, 4.69) is 5.32 Å². The zero-order valence-corrected chi connectivity index (χ0v) is 16.9. The number of hydrogen-bond acceptors (Lipinski definition) is 5. The van der Waals surface area contributed by atoms with Crippen molar-refractivity contribution in [2.75, 3.05) is 12.4 Å². The number of sulfone groups is 1. The summed E-state index contributed by atoms with van der Waals surface area (Å²) < 4.78 is 29.4. The molecule has 1 amide bonds. The van der Waals surface area contributed by atoms with Crippen molar-refractivity contribution >= 4 is 21.7 Å². The van der Waals surface area contributed by atoms with Crippen LogP contribution in [0.2, 0.25) is 0 Å². The average molecular weight is 404 g/mol. The summed E-state index contributed by atoms with van der Waals surface area (Å²) in [6.45, 7) is 3.04. The van der Waals surface area contributed by atoms with Gasteiger partial charge in [0.05, 0.1) is 22.3 Å². The van der Waals surface area contributed by atoms with E-state index < -0.39 is 28.3 Å². The quantitative estimate of drug-likeness (QED) is 0.649. The minimum Gasteiger partial charge on any atom is -0.452 e. The van der Waals surface area contributed by atoms with Crippen LogP contribution >= 0.6 is 0 Å². The standard InChI is InChI=1S/C21H25NO5S/c1-3-10-18(16-11-6-5-7-12-16)22-20(23)15-27-21(24)17-13-8-9-14-19(17)28(25,26)4-2/h5-9,11-14,18H,3-4,10,15H2,1-2H3,(H,22,23)/t18-/m0/s1. The van der Waals surface area contributed by atoms with Gasteiger partial charge in [0, 0.05) is 0 Å². The molecule has 0 aliphatic rings. The van der Waals surface area contributed by atoms with E-state index in [1.165, 1.54) is 19.1 Å². The molecule has 0 saturated heterocycles. The van der Waals surface area contributed by atoms with E-state index in [4.69, 9.17) is 4.74 Å². The molecule has 2 aromatic rings. The Morgan fingerprint density at radius 2 is 1.64 bits per heavy atom. The number of esters is 1. The van der Waals surface area contributed by atoms with Crippen LogP contribution in [0.15, 0.2) is 59.5 Å². The Morgan fingerprint density at radius 1 is 1.00 bits per heavy atom. The van der Waals surface area contributed by atoms with E-state index in [0.29, 0.717) is 0 Å². The number of carbonyl (C=O) groups excluding carboxylic acids is 2. The van der Waals surface area contributed by atoms with E-state index in [1.807, 2.05) is 37.3 Å². The fraction of sp³-hybridized carbons (Fsp3) is 0.333.